The predicted molar refractivity (Wildman–Crippen MR) is 43.8 cm³/mol. The van der Waals surface area contributed by atoms with Crippen molar-refractivity contribution < 1.29 is 17.7 Å². The summed E-state index contributed by atoms with van der Waals surface area (Å²) in [5, 5.41) is 9.28. The summed E-state index contributed by atoms with van der Waals surface area (Å²) >= 11 is -0.283. The number of rotatable bonds is 2. The van der Waals surface area contributed by atoms with Crippen LogP contribution >= 0.6 is 11.8 Å². The first-order valence-electron chi connectivity index (χ1n) is 3.62. The third-order valence-corrected chi connectivity index (χ3v) is 2.18. The van der Waals surface area contributed by atoms with Crippen LogP contribution in [-0.4, -0.2) is 25.8 Å². The van der Waals surface area contributed by atoms with Crippen LogP contribution in [0.1, 0.15) is 0 Å². The predicted octanol–water partition coefficient (Wildman–Crippen LogP) is 2.07. The van der Waals surface area contributed by atoms with Crippen molar-refractivity contribution in [2.45, 2.75) is 10.4 Å². The number of hydrogen-bond acceptors (Lipinski definition) is 5. The van der Waals surface area contributed by atoms with Crippen molar-refractivity contribution in [1.82, 2.24) is 20.3 Å². The van der Waals surface area contributed by atoms with Crippen LogP contribution in [0, 0.1) is 0 Å². The van der Waals surface area contributed by atoms with E-state index in [0.717, 1.165) is 12.6 Å². The molecule has 0 aromatic carbocycles. The molecule has 2 aromatic rings. The standard InChI is InChI=1S/C6H3F3N4OS/c7-6(8,9)15-3-1-11-12-4(3)5-10-2-14-13-5/h1-2H,(H,11,12). The van der Waals surface area contributed by atoms with Gasteiger partial charge in [-0.3, -0.25) is 5.10 Å². The van der Waals surface area contributed by atoms with Crippen LogP contribution in [-0.2, 0) is 0 Å². The van der Waals surface area contributed by atoms with Gasteiger partial charge in [-0.05, 0) is 11.8 Å². The Hall–Kier alpha value is -1.51. The van der Waals surface area contributed by atoms with E-state index < -0.39 is 5.51 Å². The molecule has 0 aliphatic carbocycles. The molecule has 5 nitrogen and oxygen atoms in total. The van der Waals surface area contributed by atoms with Crippen LogP contribution in [0.15, 0.2) is 22.0 Å². The van der Waals surface area contributed by atoms with Crippen molar-refractivity contribution in [3.63, 3.8) is 0 Å². The summed E-state index contributed by atoms with van der Waals surface area (Å²) in [7, 11) is 0. The van der Waals surface area contributed by atoms with Gasteiger partial charge < -0.3 is 4.52 Å². The van der Waals surface area contributed by atoms with Gasteiger partial charge in [0.15, 0.2) is 0 Å². The number of nitrogens with zero attached hydrogens (tertiary/aromatic N) is 3. The number of alkyl halides is 3. The highest BCUT2D eigenvalue weighted by Crippen LogP contribution is 2.39. The molecule has 0 aliphatic heterocycles. The van der Waals surface area contributed by atoms with Gasteiger partial charge in [-0.25, -0.2) is 0 Å². The molecule has 2 heterocycles. The summed E-state index contributed by atoms with van der Waals surface area (Å²) in [5.41, 5.74) is -4.28. The molecule has 0 atom stereocenters. The third kappa shape index (κ3) is 2.29. The maximum Gasteiger partial charge on any atom is 0.446 e. The van der Waals surface area contributed by atoms with Gasteiger partial charge in [0.1, 0.15) is 5.69 Å². The van der Waals surface area contributed by atoms with Crippen LogP contribution in [0.5, 0.6) is 0 Å². The molecule has 15 heavy (non-hydrogen) atoms. The first-order chi connectivity index (χ1) is 7.06. The zero-order valence-electron chi connectivity index (χ0n) is 6.95. The minimum absolute atomic E-state index is 0.0410. The van der Waals surface area contributed by atoms with Gasteiger partial charge in [-0.1, -0.05) is 5.16 Å². The highest BCUT2D eigenvalue weighted by molar-refractivity contribution is 8.00. The Morgan fingerprint density at radius 3 is 2.80 bits per heavy atom. The van der Waals surface area contributed by atoms with Crippen molar-refractivity contribution >= 4 is 11.8 Å². The molecule has 2 aromatic heterocycles. The summed E-state index contributed by atoms with van der Waals surface area (Å²) in [6.45, 7) is 0. The Labute approximate surface area is 85.1 Å². The Morgan fingerprint density at radius 1 is 1.40 bits per heavy atom. The fourth-order valence-electron chi connectivity index (χ4n) is 0.918. The molecule has 9 heteroatoms. The van der Waals surface area contributed by atoms with Crippen molar-refractivity contribution in [3.05, 3.63) is 12.6 Å². The molecule has 0 saturated carbocycles. The van der Waals surface area contributed by atoms with E-state index in [9.17, 15) is 13.2 Å². The summed E-state index contributed by atoms with van der Waals surface area (Å²) in [4.78, 5) is 3.53. The lowest BCUT2D eigenvalue weighted by Crippen LogP contribution is -1.99. The van der Waals surface area contributed by atoms with Gasteiger partial charge >= 0.3 is 5.51 Å². The number of hydrogen-bond donors (Lipinski definition) is 1. The number of H-pyrrole nitrogens is 1. The van der Waals surface area contributed by atoms with Crippen molar-refractivity contribution in [3.8, 4) is 11.5 Å². The van der Waals surface area contributed by atoms with E-state index >= 15 is 0 Å². The molecule has 1 N–H and O–H groups in total. The molecule has 0 saturated heterocycles. The molecule has 0 aliphatic rings. The largest absolute Gasteiger partial charge is 0.446 e. The van der Waals surface area contributed by atoms with Gasteiger partial charge in [0, 0.05) is 0 Å². The average Bonchev–Trinajstić information content (AvgIpc) is 2.68. The maximum atomic E-state index is 12.1. The van der Waals surface area contributed by atoms with Gasteiger partial charge in [-0.15, -0.1) is 0 Å². The van der Waals surface area contributed by atoms with E-state index in [0.29, 0.717) is 0 Å². The number of aromatic amines is 1. The average molecular weight is 236 g/mol. The fraction of sp³-hybridized carbons (Fsp3) is 0.167. The molecule has 80 valence electrons. The normalized spacial score (nSPS) is 11.9. The highest BCUT2D eigenvalue weighted by atomic mass is 32.2. The lowest BCUT2D eigenvalue weighted by atomic mass is 10.4. The van der Waals surface area contributed by atoms with Gasteiger partial charge in [-0.2, -0.15) is 23.3 Å². The molecule has 0 unspecified atom stereocenters. The second kappa shape index (κ2) is 3.57. The summed E-state index contributed by atoms with van der Waals surface area (Å²) < 4.78 is 40.7. The molecular weight excluding hydrogens is 233 g/mol. The second-order valence-corrected chi connectivity index (χ2v) is 3.52. The molecule has 0 fully saturated rings. The van der Waals surface area contributed by atoms with Crippen molar-refractivity contribution in [1.29, 1.82) is 0 Å². The summed E-state index contributed by atoms with van der Waals surface area (Å²) in [6.07, 6.45) is 2.09. The minimum Gasteiger partial charge on any atom is -0.342 e. The highest BCUT2D eigenvalue weighted by Gasteiger charge is 2.32. The maximum absolute atomic E-state index is 12.1. The first-order valence-corrected chi connectivity index (χ1v) is 4.44. The number of aromatic nitrogens is 4. The van der Waals surface area contributed by atoms with Crippen LogP contribution in [0.3, 0.4) is 0 Å². The van der Waals surface area contributed by atoms with Crippen LogP contribution in [0.2, 0.25) is 0 Å². The third-order valence-electron chi connectivity index (χ3n) is 1.42. The Balaban J connectivity index is 2.31. The zero-order chi connectivity index (χ0) is 10.9. The van der Waals surface area contributed by atoms with Gasteiger partial charge in [0.05, 0.1) is 11.1 Å². The lowest BCUT2D eigenvalue weighted by molar-refractivity contribution is -0.0328. The lowest BCUT2D eigenvalue weighted by Gasteiger charge is -2.03. The van der Waals surface area contributed by atoms with E-state index in [1.54, 1.807) is 0 Å². The van der Waals surface area contributed by atoms with Crippen LogP contribution in [0.25, 0.3) is 11.5 Å². The van der Waals surface area contributed by atoms with E-state index in [4.69, 9.17) is 0 Å². The molecule has 0 spiro atoms. The topological polar surface area (TPSA) is 67.6 Å². The molecular formula is C6H3F3N4OS. The monoisotopic (exact) mass is 236 g/mol. The molecule has 0 bridgehead atoms. The first kappa shape index (κ1) is 10.0. The van der Waals surface area contributed by atoms with E-state index in [2.05, 4.69) is 24.9 Å². The molecule has 0 amide bonds. The Morgan fingerprint density at radius 2 is 2.20 bits per heavy atom. The van der Waals surface area contributed by atoms with Gasteiger partial charge in [0.25, 0.3) is 0 Å². The molecule has 0 radical (unpaired) electrons. The van der Waals surface area contributed by atoms with E-state index in [-0.39, 0.29) is 28.2 Å². The van der Waals surface area contributed by atoms with E-state index in [1.807, 2.05) is 0 Å². The number of halogens is 3. The number of nitrogens with one attached hydrogen (secondary N) is 1. The Bertz CT molecular complexity index is 437. The number of thioether (sulfide) groups is 1. The smallest absolute Gasteiger partial charge is 0.342 e. The molecule has 2 rings (SSSR count). The van der Waals surface area contributed by atoms with Crippen molar-refractivity contribution in [2.75, 3.05) is 0 Å². The fourth-order valence-corrected chi connectivity index (χ4v) is 1.51. The van der Waals surface area contributed by atoms with E-state index in [1.165, 1.54) is 0 Å². The zero-order valence-corrected chi connectivity index (χ0v) is 7.76. The minimum atomic E-state index is -4.37. The van der Waals surface area contributed by atoms with Crippen molar-refractivity contribution in [2.24, 2.45) is 0 Å². The quantitative estimate of drug-likeness (QED) is 0.808. The Kier molecular flexibility index (Phi) is 2.39. The van der Waals surface area contributed by atoms with Gasteiger partial charge in [0.2, 0.25) is 12.2 Å². The van der Waals surface area contributed by atoms with Crippen LogP contribution < -0.4 is 0 Å². The van der Waals surface area contributed by atoms with Crippen LogP contribution in [0.4, 0.5) is 13.2 Å². The summed E-state index contributed by atoms with van der Waals surface area (Å²) in [6, 6.07) is 0. The second-order valence-electron chi connectivity index (χ2n) is 2.41. The summed E-state index contributed by atoms with van der Waals surface area (Å²) in [5.74, 6) is 0.0410. The SMILES string of the molecule is FC(F)(F)Sc1cn[nH]c1-c1ncon1.